The summed E-state index contributed by atoms with van der Waals surface area (Å²) in [6, 6.07) is 9.79. The summed E-state index contributed by atoms with van der Waals surface area (Å²) in [7, 11) is 5.82. The smallest absolute Gasteiger partial charge is 0.224 e. The van der Waals surface area contributed by atoms with Crippen LogP contribution >= 0.6 is 0 Å². The average Bonchev–Trinajstić information content (AvgIpc) is 2.57. The summed E-state index contributed by atoms with van der Waals surface area (Å²) >= 11 is 0. The first kappa shape index (κ1) is 17.0. The number of para-hydroxylation sites is 1. The third kappa shape index (κ3) is 5.75. The maximum Gasteiger partial charge on any atom is 0.224 e. The minimum atomic E-state index is 0.605. The minimum absolute atomic E-state index is 0.605. The Bertz CT molecular complexity index is 603. The van der Waals surface area contributed by atoms with E-state index in [0.29, 0.717) is 12.5 Å². The van der Waals surface area contributed by atoms with Crippen LogP contribution in [-0.4, -0.2) is 49.2 Å². The molecule has 0 aliphatic rings. The van der Waals surface area contributed by atoms with E-state index in [9.17, 15) is 0 Å². The van der Waals surface area contributed by atoms with Gasteiger partial charge in [-0.25, -0.2) is 4.98 Å². The van der Waals surface area contributed by atoms with Crippen molar-refractivity contribution >= 4 is 11.8 Å². The standard InChI is InChI=1S/C17H25N5O/c1-22(2)12-6-10-18-16-9-11-19-17(21-16)20-13-14-7-4-5-8-15(14)23-3/h4-5,7-9,11H,6,10,12-13H2,1-3H3,(H2,18,19,20,21). The van der Waals surface area contributed by atoms with E-state index in [1.165, 1.54) is 0 Å². The minimum Gasteiger partial charge on any atom is -0.496 e. The largest absolute Gasteiger partial charge is 0.496 e. The number of rotatable bonds is 9. The molecule has 0 amide bonds. The summed E-state index contributed by atoms with van der Waals surface area (Å²) in [5.41, 5.74) is 1.07. The van der Waals surface area contributed by atoms with Crippen LogP contribution in [0.4, 0.5) is 11.8 Å². The van der Waals surface area contributed by atoms with Crippen molar-refractivity contribution in [2.75, 3.05) is 44.9 Å². The van der Waals surface area contributed by atoms with Crippen molar-refractivity contribution in [3.63, 3.8) is 0 Å². The Morgan fingerprint density at radius 1 is 1.13 bits per heavy atom. The molecule has 6 nitrogen and oxygen atoms in total. The van der Waals surface area contributed by atoms with Crippen molar-refractivity contribution in [1.82, 2.24) is 14.9 Å². The lowest BCUT2D eigenvalue weighted by Gasteiger charge is -2.12. The lowest BCUT2D eigenvalue weighted by atomic mass is 10.2. The van der Waals surface area contributed by atoms with Gasteiger partial charge in [0.15, 0.2) is 0 Å². The monoisotopic (exact) mass is 315 g/mol. The number of benzene rings is 1. The Morgan fingerprint density at radius 3 is 2.74 bits per heavy atom. The lowest BCUT2D eigenvalue weighted by Crippen LogP contribution is -2.16. The zero-order valence-electron chi connectivity index (χ0n) is 14.0. The van der Waals surface area contributed by atoms with Gasteiger partial charge in [0, 0.05) is 24.8 Å². The van der Waals surface area contributed by atoms with Crippen LogP contribution < -0.4 is 15.4 Å². The number of hydrogen-bond donors (Lipinski definition) is 2. The fourth-order valence-corrected chi connectivity index (χ4v) is 2.18. The van der Waals surface area contributed by atoms with E-state index in [1.54, 1.807) is 13.3 Å². The molecule has 2 rings (SSSR count). The predicted molar refractivity (Wildman–Crippen MR) is 94.0 cm³/mol. The molecule has 124 valence electrons. The van der Waals surface area contributed by atoms with Crippen molar-refractivity contribution in [3.8, 4) is 5.75 Å². The molecule has 0 fully saturated rings. The van der Waals surface area contributed by atoms with Gasteiger partial charge >= 0.3 is 0 Å². The molecule has 0 atom stereocenters. The van der Waals surface area contributed by atoms with Gasteiger partial charge in [-0.1, -0.05) is 18.2 Å². The first-order valence-corrected chi connectivity index (χ1v) is 7.76. The summed E-state index contributed by atoms with van der Waals surface area (Å²) in [6.07, 6.45) is 2.83. The van der Waals surface area contributed by atoms with E-state index in [4.69, 9.17) is 4.74 Å². The SMILES string of the molecule is COc1ccccc1CNc1nccc(NCCCN(C)C)n1. The molecular formula is C17H25N5O. The Labute approximate surface area is 137 Å². The maximum atomic E-state index is 5.35. The van der Waals surface area contributed by atoms with Crippen LogP contribution in [0.15, 0.2) is 36.5 Å². The molecule has 2 N–H and O–H groups in total. The van der Waals surface area contributed by atoms with Gasteiger partial charge in [-0.15, -0.1) is 0 Å². The summed E-state index contributed by atoms with van der Waals surface area (Å²) in [4.78, 5) is 10.9. The molecule has 1 heterocycles. The highest BCUT2D eigenvalue weighted by atomic mass is 16.5. The molecule has 23 heavy (non-hydrogen) atoms. The fraction of sp³-hybridized carbons (Fsp3) is 0.412. The third-order valence-electron chi connectivity index (χ3n) is 3.37. The Hall–Kier alpha value is -2.34. The van der Waals surface area contributed by atoms with Gasteiger partial charge in [0.1, 0.15) is 11.6 Å². The van der Waals surface area contributed by atoms with E-state index in [1.807, 2.05) is 30.3 Å². The highest BCUT2D eigenvalue weighted by Gasteiger charge is 2.03. The van der Waals surface area contributed by atoms with E-state index in [0.717, 1.165) is 36.6 Å². The molecule has 0 unspecified atom stereocenters. The third-order valence-corrected chi connectivity index (χ3v) is 3.37. The fourth-order valence-electron chi connectivity index (χ4n) is 2.18. The first-order chi connectivity index (χ1) is 11.2. The number of anilines is 2. The molecular weight excluding hydrogens is 290 g/mol. The van der Waals surface area contributed by atoms with Gasteiger partial charge in [0.25, 0.3) is 0 Å². The van der Waals surface area contributed by atoms with Crippen molar-refractivity contribution < 1.29 is 4.74 Å². The highest BCUT2D eigenvalue weighted by molar-refractivity contribution is 5.41. The van der Waals surface area contributed by atoms with Crippen molar-refractivity contribution in [1.29, 1.82) is 0 Å². The maximum absolute atomic E-state index is 5.35. The number of nitrogens with zero attached hydrogens (tertiary/aromatic N) is 3. The molecule has 1 aromatic heterocycles. The second-order valence-corrected chi connectivity index (χ2v) is 5.51. The van der Waals surface area contributed by atoms with Crippen LogP contribution in [0, 0.1) is 0 Å². The van der Waals surface area contributed by atoms with Crippen molar-refractivity contribution in [2.24, 2.45) is 0 Å². The summed E-state index contributed by atoms with van der Waals surface area (Å²) < 4.78 is 5.35. The zero-order chi connectivity index (χ0) is 16.5. The highest BCUT2D eigenvalue weighted by Crippen LogP contribution is 2.18. The molecule has 0 bridgehead atoms. The molecule has 0 aliphatic heterocycles. The van der Waals surface area contributed by atoms with Crippen LogP contribution in [-0.2, 0) is 6.54 Å². The Kier molecular flexibility index (Phi) is 6.62. The number of methoxy groups -OCH3 is 1. The number of aromatic nitrogens is 2. The summed E-state index contributed by atoms with van der Waals surface area (Å²) in [6.45, 7) is 2.56. The van der Waals surface area contributed by atoms with Crippen LogP contribution in [0.25, 0.3) is 0 Å². The number of nitrogens with one attached hydrogen (secondary N) is 2. The van der Waals surface area contributed by atoms with E-state index < -0.39 is 0 Å². The quantitative estimate of drug-likeness (QED) is 0.693. The van der Waals surface area contributed by atoms with Gasteiger partial charge in [0.2, 0.25) is 5.95 Å². The van der Waals surface area contributed by atoms with Crippen LogP contribution in [0.5, 0.6) is 5.75 Å². The van der Waals surface area contributed by atoms with Crippen LogP contribution in [0.3, 0.4) is 0 Å². The average molecular weight is 315 g/mol. The number of ether oxygens (including phenoxy) is 1. The topological polar surface area (TPSA) is 62.3 Å². The molecule has 1 aromatic carbocycles. The Morgan fingerprint density at radius 2 is 1.96 bits per heavy atom. The second-order valence-electron chi connectivity index (χ2n) is 5.51. The predicted octanol–water partition coefficient (Wildman–Crippen LogP) is 2.46. The number of hydrogen-bond acceptors (Lipinski definition) is 6. The summed E-state index contributed by atoms with van der Waals surface area (Å²) in [5, 5.41) is 6.55. The molecule has 2 aromatic rings. The van der Waals surface area contributed by atoms with Crippen molar-refractivity contribution in [3.05, 3.63) is 42.1 Å². The molecule has 0 saturated carbocycles. The molecule has 6 heteroatoms. The molecule has 0 spiro atoms. The van der Waals surface area contributed by atoms with Crippen LogP contribution in [0.1, 0.15) is 12.0 Å². The van der Waals surface area contributed by atoms with Gasteiger partial charge in [0.05, 0.1) is 7.11 Å². The molecule has 0 radical (unpaired) electrons. The van der Waals surface area contributed by atoms with Gasteiger partial charge in [-0.2, -0.15) is 4.98 Å². The second kappa shape index (κ2) is 8.95. The first-order valence-electron chi connectivity index (χ1n) is 7.76. The summed E-state index contributed by atoms with van der Waals surface area (Å²) in [5.74, 6) is 2.30. The van der Waals surface area contributed by atoms with Gasteiger partial charge in [-0.3, -0.25) is 0 Å². The van der Waals surface area contributed by atoms with E-state index in [-0.39, 0.29) is 0 Å². The lowest BCUT2D eigenvalue weighted by molar-refractivity contribution is 0.405. The van der Waals surface area contributed by atoms with E-state index >= 15 is 0 Å². The Balaban J connectivity index is 1.87. The normalized spacial score (nSPS) is 10.6. The molecule has 0 aliphatic carbocycles. The van der Waals surface area contributed by atoms with Gasteiger partial charge < -0.3 is 20.3 Å². The van der Waals surface area contributed by atoms with Crippen LogP contribution in [0.2, 0.25) is 0 Å². The van der Waals surface area contributed by atoms with Crippen molar-refractivity contribution in [2.45, 2.75) is 13.0 Å². The van der Waals surface area contributed by atoms with E-state index in [2.05, 4.69) is 39.6 Å². The van der Waals surface area contributed by atoms with Gasteiger partial charge in [-0.05, 0) is 39.2 Å². The molecule has 0 saturated heterocycles. The zero-order valence-corrected chi connectivity index (χ0v) is 14.0.